The molecule has 1 amide bonds. The first kappa shape index (κ1) is 16.7. The van der Waals surface area contributed by atoms with Crippen molar-refractivity contribution < 1.29 is 14.8 Å². The molecule has 0 heterocycles. The number of carbonyl (C=O) groups is 1. The first-order valence-corrected chi connectivity index (χ1v) is 6.88. The number of benzene rings is 2. The molecule has 0 saturated heterocycles. The molecule has 0 saturated carbocycles. The van der Waals surface area contributed by atoms with E-state index >= 15 is 0 Å². The van der Waals surface area contributed by atoms with Gasteiger partial charge in [0.15, 0.2) is 0 Å². The molecule has 2 aromatic rings. The van der Waals surface area contributed by atoms with Gasteiger partial charge in [0, 0.05) is 17.3 Å². The van der Waals surface area contributed by atoms with Gasteiger partial charge >= 0.3 is 0 Å². The zero-order valence-corrected chi connectivity index (χ0v) is 12.7. The number of rotatable bonds is 4. The van der Waals surface area contributed by atoms with Gasteiger partial charge in [-0.2, -0.15) is 5.26 Å². The minimum absolute atomic E-state index is 0.0519. The van der Waals surface area contributed by atoms with Crippen molar-refractivity contribution >= 4 is 23.4 Å². The number of phenolic OH excluding ortho intramolecular Hbond substituents is 1. The fourth-order valence-corrected chi connectivity index (χ4v) is 1.97. The molecule has 120 valence electrons. The predicted octanol–water partition coefficient (Wildman–Crippen LogP) is 3.15. The summed E-state index contributed by atoms with van der Waals surface area (Å²) in [6, 6.07) is 12.0. The van der Waals surface area contributed by atoms with Gasteiger partial charge in [-0.1, -0.05) is 12.1 Å². The SMILES string of the molecule is Cc1ccc(/C=C(/C#N)C(=O)Nc2ccc(O)cc2)cc1[N+](=O)[O-]. The molecule has 0 aliphatic heterocycles. The van der Waals surface area contributed by atoms with Crippen molar-refractivity contribution in [3.63, 3.8) is 0 Å². The number of nitro benzene ring substituents is 1. The summed E-state index contributed by atoms with van der Waals surface area (Å²) in [5.74, 6) is -0.595. The predicted molar refractivity (Wildman–Crippen MR) is 88.2 cm³/mol. The van der Waals surface area contributed by atoms with Crippen LogP contribution < -0.4 is 5.32 Å². The summed E-state index contributed by atoms with van der Waals surface area (Å²) in [5.41, 5.74) is 1.00. The first-order chi connectivity index (χ1) is 11.4. The molecule has 0 aliphatic rings. The number of nitrogens with zero attached hydrogens (tertiary/aromatic N) is 2. The second-order valence-electron chi connectivity index (χ2n) is 4.97. The van der Waals surface area contributed by atoms with Crippen LogP contribution in [0.3, 0.4) is 0 Å². The zero-order chi connectivity index (χ0) is 17.7. The monoisotopic (exact) mass is 323 g/mol. The number of nitriles is 1. The molecule has 0 unspecified atom stereocenters. The lowest BCUT2D eigenvalue weighted by atomic mass is 10.1. The van der Waals surface area contributed by atoms with Crippen molar-refractivity contribution in [2.24, 2.45) is 0 Å². The van der Waals surface area contributed by atoms with E-state index < -0.39 is 10.8 Å². The maximum Gasteiger partial charge on any atom is 0.272 e. The molecule has 2 rings (SSSR count). The number of amides is 1. The van der Waals surface area contributed by atoms with E-state index in [9.17, 15) is 20.0 Å². The maximum atomic E-state index is 12.1. The minimum atomic E-state index is -0.647. The van der Waals surface area contributed by atoms with E-state index in [-0.39, 0.29) is 17.0 Å². The summed E-state index contributed by atoms with van der Waals surface area (Å²) in [6.45, 7) is 1.61. The Bertz CT molecular complexity index is 864. The topological polar surface area (TPSA) is 116 Å². The molecule has 0 atom stereocenters. The molecule has 2 aromatic carbocycles. The van der Waals surface area contributed by atoms with E-state index in [1.807, 2.05) is 0 Å². The zero-order valence-electron chi connectivity index (χ0n) is 12.7. The van der Waals surface area contributed by atoms with Gasteiger partial charge in [-0.3, -0.25) is 14.9 Å². The second-order valence-corrected chi connectivity index (χ2v) is 4.97. The summed E-state index contributed by atoms with van der Waals surface area (Å²) in [7, 11) is 0. The number of hydrogen-bond donors (Lipinski definition) is 2. The summed E-state index contributed by atoms with van der Waals surface area (Å²) >= 11 is 0. The van der Waals surface area contributed by atoms with Crippen LogP contribution in [0.4, 0.5) is 11.4 Å². The third-order valence-corrected chi connectivity index (χ3v) is 3.23. The van der Waals surface area contributed by atoms with Crippen molar-refractivity contribution in [1.82, 2.24) is 0 Å². The number of aromatic hydroxyl groups is 1. The largest absolute Gasteiger partial charge is 0.508 e. The number of phenols is 1. The number of aryl methyl sites for hydroxylation is 1. The van der Waals surface area contributed by atoms with Crippen molar-refractivity contribution in [2.45, 2.75) is 6.92 Å². The van der Waals surface area contributed by atoms with E-state index in [2.05, 4.69) is 5.32 Å². The van der Waals surface area contributed by atoms with Gasteiger partial charge in [-0.15, -0.1) is 0 Å². The fraction of sp³-hybridized carbons (Fsp3) is 0.0588. The summed E-state index contributed by atoms with van der Waals surface area (Å²) in [4.78, 5) is 22.6. The van der Waals surface area contributed by atoms with Gasteiger partial charge in [-0.05, 0) is 42.8 Å². The standard InChI is InChI=1S/C17H13N3O4/c1-11-2-3-12(9-16(11)20(23)24)8-13(10-18)17(22)19-14-4-6-15(21)7-5-14/h2-9,21H,1H3,(H,19,22)/b13-8-. The van der Waals surface area contributed by atoms with E-state index in [0.717, 1.165) is 0 Å². The lowest BCUT2D eigenvalue weighted by Gasteiger charge is -2.04. The quantitative estimate of drug-likeness (QED) is 0.295. The number of nitro groups is 1. The van der Waals surface area contributed by atoms with Crippen molar-refractivity contribution in [1.29, 1.82) is 5.26 Å². The highest BCUT2D eigenvalue weighted by Gasteiger charge is 2.13. The van der Waals surface area contributed by atoms with Crippen molar-refractivity contribution in [2.75, 3.05) is 5.32 Å². The molecule has 0 bridgehead atoms. The number of anilines is 1. The first-order valence-electron chi connectivity index (χ1n) is 6.88. The van der Waals surface area contributed by atoms with Gasteiger partial charge < -0.3 is 10.4 Å². The third kappa shape index (κ3) is 3.96. The number of nitrogens with one attached hydrogen (secondary N) is 1. The summed E-state index contributed by atoms with van der Waals surface area (Å²) in [6.07, 6.45) is 1.28. The molecule has 7 nitrogen and oxygen atoms in total. The minimum Gasteiger partial charge on any atom is -0.508 e. The van der Waals surface area contributed by atoms with Gasteiger partial charge in [0.2, 0.25) is 0 Å². The van der Waals surface area contributed by atoms with Crippen LogP contribution in [0.2, 0.25) is 0 Å². The van der Waals surface area contributed by atoms with Crippen molar-refractivity contribution in [3.8, 4) is 11.8 Å². The van der Waals surface area contributed by atoms with Crippen LogP contribution in [0.25, 0.3) is 6.08 Å². The molecule has 24 heavy (non-hydrogen) atoms. The Kier molecular flexibility index (Phi) is 4.92. The van der Waals surface area contributed by atoms with Crippen LogP contribution in [0, 0.1) is 28.4 Å². The van der Waals surface area contributed by atoms with E-state index in [0.29, 0.717) is 16.8 Å². The lowest BCUT2D eigenvalue weighted by molar-refractivity contribution is -0.385. The molecule has 0 aliphatic carbocycles. The van der Waals surface area contributed by atoms with Gasteiger partial charge in [0.1, 0.15) is 17.4 Å². The number of hydrogen-bond acceptors (Lipinski definition) is 5. The Hall–Kier alpha value is -3.66. The molecule has 7 heteroatoms. The molecule has 0 aromatic heterocycles. The van der Waals surface area contributed by atoms with Crippen LogP contribution in [0.15, 0.2) is 48.0 Å². The van der Waals surface area contributed by atoms with Gasteiger partial charge in [0.25, 0.3) is 11.6 Å². The molecule has 0 spiro atoms. The molecule has 2 N–H and O–H groups in total. The van der Waals surface area contributed by atoms with Crippen molar-refractivity contribution in [3.05, 3.63) is 69.3 Å². The molecule has 0 fully saturated rings. The highest BCUT2D eigenvalue weighted by molar-refractivity contribution is 6.09. The Balaban J connectivity index is 2.27. The van der Waals surface area contributed by atoms with Crippen LogP contribution in [-0.2, 0) is 4.79 Å². The average molecular weight is 323 g/mol. The maximum absolute atomic E-state index is 12.1. The van der Waals surface area contributed by atoms with Crippen LogP contribution >= 0.6 is 0 Å². The third-order valence-electron chi connectivity index (χ3n) is 3.23. The summed E-state index contributed by atoms with van der Waals surface area (Å²) < 4.78 is 0. The van der Waals surface area contributed by atoms with Crippen LogP contribution in [0.5, 0.6) is 5.75 Å². The Morgan fingerprint density at radius 2 is 1.96 bits per heavy atom. The summed E-state index contributed by atoms with van der Waals surface area (Å²) in [5, 5.41) is 31.8. The van der Waals surface area contributed by atoms with Crippen LogP contribution in [-0.4, -0.2) is 15.9 Å². The fourth-order valence-electron chi connectivity index (χ4n) is 1.97. The highest BCUT2D eigenvalue weighted by Crippen LogP contribution is 2.21. The Labute approximate surface area is 137 Å². The van der Waals surface area contributed by atoms with Gasteiger partial charge in [-0.25, -0.2) is 0 Å². The highest BCUT2D eigenvalue weighted by atomic mass is 16.6. The smallest absolute Gasteiger partial charge is 0.272 e. The second kappa shape index (κ2) is 7.07. The molecule has 0 radical (unpaired) electrons. The Morgan fingerprint density at radius 3 is 2.54 bits per heavy atom. The number of carbonyl (C=O) groups excluding carboxylic acids is 1. The van der Waals surface area contributed by atoms with E-state index in [4.69, 9.17) is 5.26 Å². The van der Waals surface area contributed by atoms with Gasteiger partial charge in [0.05, 0.1) is 4.92 Å². The average Bonchev–Trinajstić information content (AvgIpc) is 2.55. The Morgan fingerprint density at radius 1 is 1.29 bits per heavy atom. The van der Waals surface area contributed by atoms with Crippen LogP contribution in [0.1, 0.15) is 11.1 Å². The molecular weight excluding hydrogens is 310 g/mol. The molecular formula is C17H13N3O4. The normalized spacial score (nSPS) is 10.8. The van der Waals surface area contributed by atoms with E-state index in [1.165, 1.54) is 36.4 Å². The lowest BCUT2D eigenvalue weighted by Crippen LogP contribution is -2.13. The van der Waals surface area contributed by atoms with E-state index in [1.54, 1.807) is 25.1 Å².